The Morgan fingerprint density at radius 2 is 1.88 bits per heavy atom. The summed E-state index contributed by atoms with van der Waals surface area (Å²) in [5.41, 5.74) is 0.342. The summed E-state index contributed by atoms with van der Waals surface area (Å²) < 4.78 is 5.11. The Kier molecular flexibility index (Phi) is 4.83. The van der Waals surface area contributed by atoms with E-state index in [0.717, 1.165) is 25.7 Å². The fourth-order valence-corrected chi connectivity index (χ4v) is 2.18. The van der Waals surface area contributed by atoms with E-state index in [2.05, 4.69) is 13.2 Å². The molecular formula is C13H18O3. The minimum Gasteiger partial charge on any atom is -0.478 e. The summed E-state index contributed by atoms with van der Waals surface area (Å²) in [5.74, 6) is -0.503. The van der Waals surface area contributed by atoms with Crippen molar-refractivity contribution in [2.45, 2.75) is 32.1 Å². The SMILES string of the molecule is C=COC(C=C)=C(C(=O)O)C1CCCCC1. The molecule has 1 aliphatic carbocycles. The number of rotatable bonds is 5. The molecule has 0 unspecified atom stereocenters. The Labute approximate surface area is 96.1 Å². The summed E-state index contributed by atoms with van der Waals surface area (Å²) in [4.78, 5) is 11.3. The summed E-state index contributed by atoms with van der Waals surface area (Å²) in [5, 5.41) is 9.23. The predicted octanol–water partition coefficient (Wildman–Crippen LogP) is 3.25. The van der Waals surface area contributed by atoms with Crippen LogP contribution in [0.3, 0.4) is 0 Å². The van der Waals surface area contributed by atoms with E-state index >= 15 is 0 Å². The van der Waals surface area contributed by atoms with Gasteiger partial charge in [-0.1, -0.05) is 32.4 Å². The van der Waals surface area contributed by atoms with E-state index in [1.165, 1.54) is 18.8 Å². The molecule has 0 aromatic rings. The lowest BCUT2D eigenvalue weighted by Crippen LogP contribution is -2.18. The number of ether oxygens (including phenoxy) is 1. The Hall–Kier alpha value is -1.51. The van der Waals surface area contributed by atoms with Gasteiger partial charge in [-0.05, 0) is 24.8 Å². The summed E-state index contributed by atoms with van der Waals surface area (Å²) in [6, 6.07) is 0. The molecule has 0 aliphatic heterocycles. The number of hydrogen-bond donors (Lipinski definition) is 1. The van der Waals surface area contributed by atoms with Crippen molar-refractivity contribution in [3.63, 3.8) is 0 Å². The molecule has 1 N–H and O–H groups in total. The molecule has 0 spiro atoms. The van der Waals surface area contributed by atoms with E-state index < -0.39 is 5.97 Å². The minimum atomic E-state index is -0.913. The highest BCUT2D eigenvalue weighted by atomic mass is 16.5. The van der Waals surface area contributed by atoms with Crippen molar-refractivity contribution in [1.29, 1.82) is 0 Å². The Bertz CT molecular complexity index is 309. The van der Waals surface area contributed by atoms with Crippen LogP contribution in [0.25, 0.3) is 0 Å². The number of allylic oxidation sites excluding steroid dienone is 1. The maximum absolute atomic E-state index is 11.3. The number of carbonyl (C=O) groups is 1. The number of aliphatic carboxylic acids is 1. The molecule has 0 atom stereocenters. The van der Waals surface area contributed by atoms with Crippen LogP contribution in [0.1, 0.15) is 32.1 Å². The van der Waals surface area contributed by atoms with Gasteiger partial charge < -0.3 is 9.84 Å². The molecule has 1 aliphatic rings. The maximum Gasteiger partial charge on any atom is 0.335 e. The first-order valence-electron chi connectivity index (χ1n) is 5.58. The van der Waals surface area contributed by atoms with Crippen LogP contribution in [0.4, 0.5) is 0 Å². The Morgan fingerprint density at radius 3 is 2.31 bits per heavy atom. The van der Waals surface area contributed by atoms with Crippen LogP contribution in [0.15, 0.2) is 36.8 Å². The molecular weight excluding hydrogens is 204 g/mol. The third kappa shape index (κ3) is 2.99. The van der Waals surface area contributed by atoms with Gasteiger partial charge in [0.25, 0.3) is 0 Å². The molecule has 3 nitrogen and oxygen atoms in total. The van der Waals surface area contributed by atoms with Crippen molar-refractivity contribution < 1.29 is 14.6 Å². The first-order valence-corrected chi connectivity index (χ1v) is 5.58. The van der Waals surface area contributed by atoms with Crippen LogP contribution >= 0.6 is 0 Å². The van der Waals surface area contributed by atoms with E-state index in [1.54, 1.807) is 0 Å². The van der Waals surface area contributed by atoms with Gasteiger partial charge in [-0.3, -0.25) is 0 Å². The average molecular weight is 222 g/mol. The van der Waals surface area contributed by atoms with Crippen molar-refractivity contribution in [3.05, 3.63) is 36.8 Å². The standard InChI is InChI=1S/C13H18O3/c1-3-11(16-4-2)12(13(14)15)10-8-6-5-7-9-10/h3-4,10H,1-2,5-9H2,(H,14,15). The van der Waals surface area contributed by atoms with E-state index in [-0.39, 0.29) is 5.92 Å². The van der Waals surface area contributed by atoms with E-state index in [4.69, 9.17) is 4.74 Å². The van der Waals surface area contributed by atoms with Crippen LogP contribution in [0.5, 0.6) is 0 Å². The van der Waals surface area contributed by atoms with Gasteiger partial charge in [0.2, 0.25) is 0 Å². The van der Waals surface area contributed by atoms with Gasteiger partial charge in [-0.15, -0.1) is 0 Å². The second-order valence-electron chi connectivity index (χ2n) is 3.91. The highest BCUT2D eigenvalue weighted by Gasteiger charge is 2.26. The van der Waals surface area contributed by atoms with Crippen molar-refractivity contribution in [3.8, 4) is 0 Å². The molecule has 1 saturated carbocycles. The van der Waals surface area contributed by atoms with E-state index in [1.807, 2.05) is 0 Å². The molecule has 0 aromatic carbocycles. The van der Waals surface area contributed by atoms with Crippen LogP contribution in [-0.4, -0.2) is 11.1 Å². The Balaban J connectivity index is 2.98. The van der Waals surface area contributed by atoms with Crippen molar-refractivity contribution in [2.75, 3.05) is 0 Å². The van der Waals surface area contributed by atoms with Gasteiger partial charge in [0.15, 0.2) is 0 Å². The fourth-order valence-electron chi connectivity index (χ4n) is 2.18. The van der Waals surface area contributed by atoms with E-state index in [0.29, 0.717) is 11.3 Å². The van der Waals surface area contributed by atoms with Gasteiger partial charge in [0.05, 0.1) is 11.8 Å². The fraction of sp³-hybridized carbons (Fsp3) is 0.462. The first kappa shape index (κ1) is 12.6. The molecule has 0 aromatic heterocycles. The van der Waals surface area contributed by atoms with E-state index in [9.17, 15) is 9.90 Å². The smallest absolute Gasteiger partial charge is 0.335 e. The quantitative estimate of drug-likeness (QED) is 0.441. The number of carboxylic acid groups (broad SMARTS) is 1. The predicted molar refractivity (Wildman–Crippen MR) is 62.7 cm³/mol. The average Bonchev–Trinajstić information content (AvgIpc) is 2.29. The maximum atomic E-state index is 11.3. The highest BCUT2D eigenvalue weighted by Crippen LogP contribution is 2.32. The van der Waals surface area contributed by atoms with Gasteiger partial charge in [-0.2, -0.15) is 0 Å². The summed E-state index contributed by atoms with van der Waals surface area (Å²) in [7, 11) is 0. The zero-order chi connectivity index (χ0) is 12.0. The Morgan fingerprint density at radius 1 is 1.25 bits per heavy atom. The second-order valence-corrected chi connectivity index (χ2v) is 3.91. The van der Waals surface area contributed by atoms with Crippen molar-refractivity contribution >= 4 is 5.97 Å². The van der Waals surface area contributed by atoms with Crippen LogP contribution in [-0.2, 0) is 9.53 Å². The third-order valence-electron chi connectivity index (χ3n) is 2.90. The molecule has 3 heteroatoms. The summed E-state index contributed by atoms with van der Waals surface area (Å²) in [6.45, 7) is 7.02. The minimum absolute atomic E-state index is 0.0826. The lowest BCUT2D eigenvalue weighted by atomic mass is 9.83. The topological polar surface area (TPSA) is 46.5 Å². The molecule has 16 heavy (non-hydrogen) atoms. The second kappa shape index (κ2) is 6.16. The third-order valence-corrected chi connectivity index (χ3v) is 2.90. The number of carboxylic acids is 1. The molecule has 0 bridgehead atoms. The lowest BCUT2D eigenvalue weighted by Gasteiger charge is -2.23. The molecule has 0 saturated heterocycles. The van der Waals surface area contributed by atoms with Gasteiger partial charge >= 0.3 is 5.97 Å². The van der Waals surface area contributed by atoms with Gasteiger partial charge in [0.1, 0.15) is 5.76 Å². The first-order chi connectivity index (χ1) is 7.70. The normalized spacial score (nSPS) is 18.5. The molecule has 88 valence electrons. The van der Waals surface area contributed by atoms with Gasteiger partial charge in [0, 0.05) is 0 Å². The zero-order valence-electron chi connectivity index (χ0n) is 9.45. The van der Waals surface area contributed by atoms with Crippen LogP contribution in [0, 0.1) is 5.92 Å². The zero-order valence-corrected chi connectivity index (χ0v) is 9.45. The molecule has 1 fully saturated rings. The molecule has 1 rings (SSSR count). The van der Waals surface area contributed by atoms with Crippen molar-refractivity contribution in [1.82, 2.24) is 0 Å². The largest absolute Gasteiger partial charge is 0.478 e. The number of hydrogen-bond acceptors (Lipinski definition) is 2. The van der Waals surface area contributed by atoms with Crippen molar-refractivity contribution in [2.24, 2.45) is 5.92 Å². The monoisotopic (exact) mass is 222 g/mol. The summed E-state index contributed by atoms with van der Waals surface area (Å²) >= 11 is 0. The van der Waals surface area contributed by atoms with Gasteiger partial charge in [-0.25, -0.2) is 4.79 Å². The molecule has 0 heterocycles. The molecule has 0 radical (unpaired) electrons. The highest BCUT2D eigenvalue weighted by molar-refractivity contribution is 5.88. The summed E-state index contributed by atoms with van der Waals surface area (Å²) in [6.07, 6.45) is 7.87. The lowest BCUT2D eigenvalue weighted by molar-refractivity contribution is -0.133. The van der Waals surface area contributed by atoms with Crippen LogP contribution in [0.2, 0.25) is 0 Å². The molecule has 0 amide bonds. The van der Waals surface area contributed by atoms with Crippen LogP contribution < -0.4 is 0 Å².